The minimum atomic E-state index is -5.13. The fourth-order valence-electron chi connectivity index (χ4n) is 3.39. The molecule has 2 rings (SSSR count). The number of ether oxygens (including phenoxy) is 1. The third-order valence-corrected chi connectivity index (χ3v) is 7.59. The second-order valence-electron chi connectivity index (χ2n) is 8.32. The van der Waals surface area contributed by atoms with Gasteiger partial charge in [-0.1, -0.05) is 40.9 Å². The van der Waals surface area contributed by atoms with Crippen molar-refractivity contribution >= 4 is 58.2 Å². The Morgan fingerprint density at radius 1 is 1.00 bits per heavy atom. The van der Waals surface area contributed by atoms with Gasteiger partial charge in [0.05, 0.1) is 39.1 Å². The molecule has 0 heterocycles. The molecule has 0 spiro atoms. The van der Waals surface area contributed by atoms with Crippen LogP contribution in [0.4, 0.5) is 39.5 Å². The van der Waals surface area contributed by atoms with Crippen LogP contribution in [0.25, 0.3) is 5.76 Å². The van der Waals surface area contributed by atoms with Gasteiger partial charge in [-0.05, 0) is 42.8 Å². The highest BCUT2D eigenvalue weighted by atomic mass is 35.5. The number of methoxy groups -OCH3 is 1. The summed E-state index contributed by atoms with van der Waals surface area (Å²) in [5, 5.41) is 1.42. The highest BCUT2D eigenvalue weighted by Crippen LogP contribution is 2.42. The highest BCUT2D eigenvalue weighted by molar-refractivity contribution is 7.99. The molecule has 0 aliphatic carbocycles. The second-order valence-corrected chi connectivity index (χ2v) is 10.5. The van der Waals surface area contributed by atoms with Gasteiger partial charge in [0.2, 0.25) is 0 Å². The lowest BCUT2D eigenvalue weighted by Gasteiger charge is -2.21. The Kier molecular flexibility index (Phi) is 11.4. The predicted octanol–water partition coefficient (Wildman–Crippen LogP) is 9.41. The molecule has 16 heteroatoms. The molecule has 40 heavy (non-hydrogen) atoms. The molecule has 2 aromatic rings. The number of rotatable bonds is 9. The van der Waals surface area contributed by atoms with Gasteiger partial charge < -0.3 is 10.1 Å². The van der Waals surface area contributed by atoms with E-state index in [-0.39, 0.29) is 20.8 Å². The van der Waals surface area contributed by atoms with Crippen molar-refractivity contribution in [2.45, 2.75) is 37.4 Å². The first kappa shape index (κ1) is 34.2. The molecule has 1 N–H and O–H groups in total. The van der Waals surface area contributed by atoms with Crippen molar-refractivity contribution in [2.75, 3.05) is 18.6 Å². The molecule has 0 saturated heterocycles. The third-order valence-electron chi connectivity index (χ3n) is 5.12. The lowest BCUT2D eigenvalue weighted by molar-refractivity contribution is -0.140. The number of benzene rings is 2. The van der Waals surface area contributed by atoms with E-state index < -0.39 is 70.2 Å². The maximum atomic E-state index is 14.0. The van der Waals surface area contributed by atoms with Crippen molar-refractivity contribution in [3.05, 3.63) is 73.7 Å². The Morgan fingerprint density at radius 3 is 2.05 bits per heavy atom. The van der Waals surface area contributed by atoms with Gasteiger partial charge in [-0.3, -0.25) is 4.79 Å². The zero-order valence-electron chi connectivity index (χ0n) is 20.3. The standard InChI is InChI=1S/C24H19Cl3F9NO2S/c1-11(9-40-10-22(28,29)30)37-21(38)14-4-3-12(5-16(14)24(34,35)36)19(39-2)8-15(23(31,32)33)13-6-17(25)20(27)18(26)7-13/h3-8,11,15H,9-10H2,1-2H3,(H,37,38)/b19-8-/t11-,15?/m1/s1. The number of alkyl halides is 9. The van der Waals surface area contributed by atoms with Gasteiger partial charge in [-0.2, -0.15) is 51.3 Å². The van der Waals surface area contributed by atoms with Gasteiger partial charge >= 0.3 is 18.5 Å². The molecule has 0 bridgehead atoms. The topological polar surface area (TPSA) is 38.3 Å². The van der Waals surface area contributed by atoms with Crippen LogP contribution < -0.4 is 5.32 Å². The molecular formula is C24H19Cl3F9NO2S. The van der Waals surface area contributed by atoms with Crippen molar-refractivity contribution in [3.63, 3.8) is 0 Å². The zero-order chi connectivity index (χ0) is 30.6. The molecule has 0 saturated carbocycles. The monoisotopic (exact) mass is 661 g/mol. The molecule has 0 radical (unpaired) electrons. The maximum absolute atomic E-state index is 14.0. The third kappa shape index (κ3) is 9.56. The van der Waals surface area contributed by atoms with E-state index in [0.29, 0.717) is 23.9 Å². The van der Waals surface area contributed by atoms with Crippen LogP contribution in [0.2, 0.25) is 15.1 Å². The SMILES string of the molecule is CO/C(=C\C(c1cc(Cl)c(Cl)c(Cl)c1)C(F)(F)F)c1ccc(C(=O)N[C@H](C)CSCC(F)(F)F)c(C(F)(F)F)c1. The quantitative estimate of drug-likeness (QED) is 0.165. The van der Waals surface area contributed by atoms with Crippen LogP contribution in [-0.4, -0.2) is 42.9 Å². The first-order valence-electron chi connectivity index (χ1n) is 10.9. The highest BCUT2D eigenvalue weighted by Gasteiger charge is 2.41. The number of allylic oxidation sites excluding steroid dienone is 1. The van der Waals surface area contributed by atoms with Gasteiger partial charge in [0.1, 0.15) is 11.7 Å². The molecule has 0 aliphatic heterocycles. The minimum absolute atomic E-state index is 0.194. The number of hydrogen-bond donors (Lipinski definition) is 1. The molecule has 2 aromatic carbocycles. The summed E-state index contributed by atoms with van der Waals surface area (Å²) < 4.78 is 125. The molecule has 3 nitrogen and oxygen atoms in total. The first-order valence-corrected chi connectivity index (χ1v) is 13.2. The van der Waals surface area contributed by atoms with Gasteiger partial charge in [0, 0.05) is 17.4 Å². The lowest BCUT2D eigenvalue weighted by atomic mass is 9.95. The summed E-state index contributed by atoms with van der Waals surface area (Å²) in [6.07, 6.45) is -14.0. The van der Waals surface area contributed by atoms with Crippen LogP contribution in [0.3, 0.4) is 0 Å². The smallest absolute Gasteiger partial charge is 0.417 e. The van der Waals surface area contributed by atoms with Crippen molar-refractivity contribution in [3.8, 4) is 0 Å². The van der Waals surface area contributed by atoms with Crippen LogP contribution in [0, 0.1) is 0 Å². The number of amides is 1. The number of carbonyl (C=O) groups excluding carboxylic acids is 1. The summed E-state index contributed by atoms with van der Waals surface area (Å²) in [5.74, 6) is -5.73. The largest absolute Gasteiger partial charge is 0.496 e. The van der Waals surface area contributed by atoms with Gasteiger partial charge in [-0.15, -0.1) is 0 Å². The number of hydrogen-bond acceptors (Lipinski definition) is 3. The zero-order valence-corrected chi connectivity index (χ0v) is 23.4. The fraction of sp³-hybridized carbons (Fsp3) is 0.375. The fourth-order valence-corrected chi connectivity index (χ4v) is 4.79. The Hall–Kier alpha value is -1.96. The molecular weight excluding hydrogens is 644 g/mol. The number of thioether (sulfide) groups is 1. The Morgan fingerprint density at radius 2 is 1.57 bits per heavy atom. The Balaban J connectivity index is 2.48. The Labute approximate surface area is 242 Å². The molecule has 0 aliphatic rings. The van der Waals surface area contributed by atoms with Crippen LogP contribution >= 0.6 is 46.6 Å². The van der Waals surface area contributed by atoms with Crippen LogP contribution in [0.15, 0.2) is 36.4 Å². The Bertz CT molecular complexity index is 1220. The number of nitrogens with one attached hydrogen (secondary N) is 1. The molecule has 222 valence electrons. The van der Waals surface area contributed by atoms with E-state index in [1.807, 2.05) is 0 Å². The van der Waals surface area contributed by atoms with Crippen molar-refractivity contribution < 1.29 is 49.0 Å². The van der Waals surface area contributed by atoms with E-state index in [4.69, 9.17) is 39.5 Å². The molecule has 1 unspecified atom stereocenters. The van der Waals surface area contributed by atoms with Crippen LogP contribution in [-0.2, 0) is 10.9 Å². The average molecular weight is 663 g/mol. The molecule has 0 fully saturated rings. The van der Waals surface area contributed by atoms with Gasteiger partial charge in [0.25, 0.3) is 5.91 Å². The summed E-state index contributed by atoms with van der Waals surface area (Å²) in [6.45, 7) is 1.31. The summed E-state index contributed by atoms with van der Waals surface area (Å²) >= 11 is 17.9. The maximum Gasteiger partial charge on any atom is 0.417 e. The lowest BCUT2D eigenvalue weighted by Crippen LogP contribution is -2.35. The van der Waals surface area contributed by atoms with E-state index in [1.165, 1.54) is 6.92 Å². The normalized spacial score (nSPS) is 14.6. The number of halogens is 12. The molecule has 1 amide bonds. The van der Waals surface area contributed by atoms with E-state index in [1.54, 1.807) is 0 Å². The van der Waals surface area contributed by atoms with Gasteiger partial charge in [-0.25, -0.2) is 0 Å². The second kappa shape index (κ2) is 13.3. The van der Waals surface area contributed by atoms with Crippen LogP contribution in [0.1, 0.15) is 39.9 Å². The summed E-state index contributed by atoms with van der Waals surface area (Å²) in [6, 6.07) is 2.98. The first-order chi connectivity index (χ1) is 18.2. The summed E-state index contributed by atoms with van der Waals surface area (Å²) in [5.41, 5.74) is -3.30. The van der Waals surface area contributed by atoms with Crippen molar-refractivity contribution in [2.24, 2.45) is 0 Å². The number of carbonyl (C=O) groups is 1. The average Bonchev–Trinajstić information content (AvgIpc) is 2.80. The predicted molar refractivity (Wildman–Crippen MR) is 137 cm³/mol. The molecule has 2 atom stereocenters. The van der Waals surface area contributed by atoms with Crippen molar-refractivity contribution in [1.29, 1.82) is 0 Å². The van der Waals surface area contributed by atoms with E-state index in [9.17, 15) is 44.3 Å². The minimum Gasteiger partial charge on any atom is -0.496 e. The van der Waals surface area contributed by atoms with E-state index in [0.717, 1.165) is 31.4 Å². The van der Waals surface area contributed by atoms with Gasteiger partial charge in [0.15, 0.2) is 0 Å². The summed E-state index contributed by atoms with van der Waals surface area (Å²) in [4.78, 5) is 12.5. The summed E-state index contributed by atoms with van der Waals surface area (Å²) in [7, 11) is 0.940. The van der Waals surface area contributed by atoms with Crippen molar-refractivity contribution in [1.82, 2.24) is 5.32 Å². The van der Waals surface area contributed by atoms with E-state index >= 15 is 0 Å². The van der Waals surface area contributed by atoms with Crippen LogP contribution in [0.5, 0.6) is 0 Å². The van der Waals surface area contributed by atoms with E-state index in [2.05, 4.69) is 5.32 Å². The molecule has 0 aromatic heterocycles.